The Morgan fingerprint density at radius 2 is 1.93 bits per heavy atom. The van der Waals surface area contributed by atoms with Crippen LogP contribution < -0.4 is 19.9 Å². The van der Waals surface area contributed by atoms with Crippen LogP contribution in [0.2, 0.25) is 0 Å². The Morgan fingerprint density at radius 1 is 1.21 bits per heavy atom. The van der Waals surface area contributed by atoms with Crippen molar-refractivity contribution in [3.63, 3.8) is 0 Å². The van der Waals surface area contributed by atoms with Crippen molar-refractivity contribution in [2.75, 3.05) is 33.9 Å². The molecule has 1 aromatic rings. The average molecular weight is 434 g/mol. The van der Waals surface area contributed by atoms with Gasteiger partial charge < -0.3 is 20.1 Å². The SMILES string of the molecule is COc1ccc(S(=O)(=O)NCCC(=O)N2CC3CCC(N)C3C2)cc1OC.Cl. The minimum absolute atomic E-state index is 0. The van der Waals surface area contributed by atoms with Crippen LogP contribution in [0.15, 0.2) is 23.1 Å². The fraction of sp³-hybridized carbons (Fsp3) is 0.611. The van der Waals surface area contributed by atoms with Crippen LogP contribution in [0.25, 0.3) is 0 Å². The highest BCUT2D eigenvalue weighted by Gasteiger charge is 2.42. The van der Waals surface area contributed by atoms with Crippen LogP contribution in [0.5, 0.6) is 11.5 Å². The minimum atomic E-state index is -3.74. The molecule has 3 N–H and O–H groups in total. The van der Waals surface area contributed by atoms with Crippen LogP contribution in [0.3, 0.4) is 0 Å². The standard InChI is InChI=1S/C18H27N3O5S.ClH/c1-25-16-6-4-13(9-17(16)26-2)27(23,24)20-8-7-18(22)21-10-12-3-5-15(19)14(12)11-21;/h4,6,9,12,14-15,20H,3,5,7-8,10-11,19H2,1-2H3;1H. The van der Waals surface area contributed by atoms with Crippen LogP contribution in [-0.2, 0) is 14.8 Å². The summed E-state index contributed by atoms with van der Waals surface area (Å²) in [5.74, 6) is 1.62. The molecular formula is C18H28ClN3O5S. The van der Waals surface area contributed by atoms with Crippen LogP contribution in [0, 0.1) is 11.8 Å². The van der Waals surface area contributed by atoms with Crippen molar-refractivity contribution in [2.24, 2.45) is 17.6 Å². The highest BCUT2D eigenvalue weighted by atomic mass is 35.5. The number of ether oxygens (including phenoxy) is 2. The summed E-state index contributed by atoms with van der Waals surface area (Å²) in [6.07, 6.45) is 2.23. The van der Waals surface area contributed by atoms with E-state index >= 15 is 0 Å². The molecule has 3 unspecified atom stereocenters. The number of likely N-dealkylation sites (tertiary alicyclic amines) is 1. The van der Waals surface area contributed by atoms with Crippen molar-refractivity contribution < 1.29 is 22.7 Å². The molecule has 0 spiro atoms. The van der Waals surface area contributed by atoms with Crippen molar-refractivity contribution in [2.45, 2.75) is 30.2 Å². The fourth-order valence-electron chi connectivity index (χ4n) is 4.03. The Bertz CT molecular complexity index is 804. The Labute approximate surface area is 172 Å². The topological polar surface area (TPSA) is 111 Å². The highest BCUT2D eigenvalue weighted by Crippen LogP contribution is 2.37. The van der Waals surface area contributed by atoms with Crippen LogP contribution in [0.1, 0.15) is 19.3 Å². The number of fused-ring (bicyclic) bond motifs is 1. The summed E-state index contributed by atoms with van der Waals surface area (Å²) in [5.41, 5.74) is 6.10. The predicted molar refractivity (Wildman–Crippen MR) is 107 cm³/mol. The van der Waals surface area contributed by atoms with Crippen LogP contribution in [-0.4, -0.2) is 59.1 Å². The van der Waals surface area contributed by atoms with E-state index in [2.05, 4.69) is 4.72 Å². The number of benzene rings is 1. The number of carbonyl (C=O) groups excluding carboxylic acids is 1. The van der Waals surface area contributed by atoms with Crippen molar-refractivity contribution >= 4 is 28.3 Å². The van der Waals surface area contributed by atoms with E-state index in [0.29, 0.717) is 29.9 Å². The van der Waals surface area contributed by atoms with Gasteiger partial charge in [0.2, 0.25) is 15.9 Å². The lowest BCUT2D eigenvalue weighted by Crippen LogP contribution is -2.35. The van der Waals surface area contributed by atoms with Gasteiger partial charge in [0, 0.05) is 38.2 Å². The molecule has 8 nitrogen and oxygen atoms in total. The molecule has 1 amide bonds. The molecule has 1 aliphatic heterocycles. The maximum Gasteiger partial charge on any atom is 0.240 e. The van der Waals surface area contributed by atoms with Gasteiger partial charge in [0.1, 0.15) is 0 Å². The van der Waals surface area contributed by atoms with E-state index in [0.717, 1.165) is 19.4 Å². The summed E-state index contributed by atoms with van der Waals surface area (Å²) in [6, 6.07) is 4.54. The van der Waals surface area contributed by atoms with E-state index in [-0.39, 0.29) is 42.2 Å². The average Bonchev–Trinajstić information content (AvgIpc) is 3.23. The predicted octanol–water partition coefficient (Wildman–Crippen LogP) is 0.990. The van der Waals surface area contributed by atoms with Crippen molar-refractivity contribution in [3.05, 3.63) is 18.2 Å². The van der Waals surface area contributed by atoms with Gasteiger partial charge in [-0.2, -0.15) is 0 Å². The first-order valence-corrected chi connectivity index (χ1v) is 10.6. The molecule has 10 heteroatoms. The lowest BCUT2D eigenvalue weighted by atomic mass is 9.98. The monoisotopic (exact) mass is 433 g/mol. The molecule has 1 saturated heterocycles. The molecule has 3 atom stereocenters. The number of nitrogens with one attached hydrogen (secondary N) is 1. The van der Waals surface area contributed by atoms with Gasteiger partial charge in [0.15, 0.2) is 11.5 Å². The van der Waals surface area contributed by atoms with Crippen molar-refractivity contribution in [3.8, 4) is 11.5 Å². The van der Waals surface area contributed by atoms with Crippen LogP contribution in [0.4, 0.5) is 0 Å². The summed E-state index contributed by atoms with van der Waals surface area (Å²) in [4.78, 5) is 14.3. The number of halogens is 1. The Kier molecular flexibility index (Phi) is 7.55. The molecule has 2 aliphatic rings. The molecule has 2 fully saturated rings. The molecule has 1 heterocycles. The minimum Gasteiger partial charge on any atom is -0.493 e. The molecule has 28 heavy (non-hydrogen) atoms. The second-order valence-corrected chi connectivity index (χ2v) is 8.90. The number of amides is 1. The Morgan fingerprint density at radius 3 is 2.57 bits per heavy atom. The number of hydrogen-bond donors (Lipinski definition) is 2. The number of nitrogens with zero attached hydrogens (tertiary/aromatic N) is 1. The van der Waals surface area contributed by atoms with Gasteiger partial charge in [-0.25, -0.2) is 13.1 Å². The largest absolute Gasteiger partial charge is 0.493 e. The second-order valence-electron chi connectivity index (χ2n) is 7.13. The van der Waals surface area contributed by atoms with E-state index in [1.165, 1.54) is 32.4 Å². The molecule has 1 aliphatic carbocycles. The van der Waals surface area contributed by atoms with E-state index < -0.39 is 10.0 Å². The van der Waals surface area contributed by atoms with Gasteiger partial charge >= 0.3 is 0 Å². The summed E-state index contributed by atoms with van der Waals surface area (Å²) >= 11 is 0. The smallest absolute Gasteiger partial charge is 0.240 e. The summed E-state index contributed by atoms with van der Waals surface area (Å²) in [7, 11) is -0.814. The summed E-state index contributed by atoms with van der Waals surface area (Å²) < 4.78 is 37.6. The zero-order valence-electron chi connectivity index (χ0n) is 16.1. The molecule has 0 radical (unpaired) electrons. The maximum atomic E-state index is 12.5. The quantitative estimate of drug-likeness (QED) is 0.663. The molecule has 3 rings (SSSR count). The maximum absolute atomic E-state index is 12.5. The van der Waals surface area contributed by atoms with Crippen molar-refractivity contribution in [1.29, 1.82) is 0 Å². The lowest BCUT2D eigenvalue weighted by Gasteiger charge is -2.19. The van der Waals surface area contributed by atoms with Gasteiger partial charge in [-0.05, 0) is 36.8 Å². The first-order chi connectivity index (χ1) is 12.9. The molecule has 1 saturated carbocycles. The third-order valence-electron chi connectivity index (χ3n) is 5.56. The molecule has 0 bridgehead atoms. The number of rotatable bonds is 7. The highest BCUT2D eigenvalue weighted by molar-refractivity contribution is 7.89. The number of sulfonamides is 1. The van der Waals surface area contributed by atoms with Gasteiger partial charge in [0.25, 0.3) is 0 Å². The Hall–Kier alpha value is -1.55. The second kappa shape index (κ2) is 9.30. The first kappa shape index (κ1) is 22.7. The molecule has 0 aromatic heterocycles. The zero-order valence-corrected chi connectivity index (χ0v) is 17.7. The lowest BCUT2D eigenvalue weighted by molar-refractivity contribution is -0.130. The van der Waals surface area contributed by atoms with E-state index in [9.17, 15) is 13.2 Å². The van der Waals surface area contributed by atoms with E-state index in [1.807, 2.05) is 4.90 Å². The third kappa shape index (κ3) is 4.71. The summed E-state index contributed by atoms with van der Waals surface area (Å²) in [5, 5.41) is 0. The summed E-state index contributed by atoms with van der Waals surface area (Å²) in [6.45, 7) is 1.47. The van der Waals surface area contributed by atoms with E-state index in [4.69, 9.17) is 15.2 Å². The number of hydrogen-bond acceptors (Lipinski definition) is 6. The number of methoxy groups -OCH3 is 2. The van der Waals surface area contributed by atoms with Gasteiger partial charge in [-0.15, -0.1) is 12.4 Å². The fourth-order valence-corrected chi connectivity index (χ4v) is 5.08. The zero-order chi connectivity index (χ0) is 19.6. The molecule has 1 aromatic carbocycles. The van der Waals surface area contributed by atoms with Gasteiger partial charge in [0.05, 0.1) is 19.1 Å². The van der Waals surface area contributed by atoms with Gasteiger partial charge in [-0.3, -0.25) is 4.79 Å². The van der Waals surface area contributed by atoms with E-state index in [1.54, 1.807) is 0 Å². The normalized spacial score (nSPS) is 23.8. The Balaban J connectivity index is 0.00000280. The molecule has 158 valence electrons. The number of carbonyl (C=O) groups is 1. The van der Waals surface area contributed by atoms with Crippen molar-refractivity contribution in [1.82, 2.24) is 9.62 Å². The third-order valence-corrected chi connectivity index (χ3v) is 7.02. The molecular weight excluding hydrogens is 406 g/mol. The van der Waals surface area contributed by atoms with Crippen LogP contribution >= 0.6 is 12.4 Å². The van der Waals surface area contributed by atoms with Gasteiger partial charge in [-0.1, -0.05) is 0 Å². The number of nitrogens with two attached hydrogens (primary N) is 1. The first-order valence-electron chi connectivity index (χ1n) is 9.10.